The first kappa shape index (κ1) is 13.4. The van der Waals surface area contributed by atoms with Crippen LogP contribution in [0.15, 0.2) is 30.3 Å². The summed E-state index contributed by atoms with van der Waals surface area (Å²) in [5, 5.41) is 11.6. The number of aliphatic carboxylic acids is 1. The minimum absolute atomic E-state index is 0.212. The third-order valence-corrected chi connectivity index (χ3v) is 3.22. The molecule has 0 aromatic heterocycles. The number of benzene rings is 1. The molecule has 19 heavy (non-hydrogen) atoms. The van der Waals surface area contributed by atoms with Crippen LogP contribution in [-0.2, 0) is 9.59 Å². The smallest absolute Gasteiger partial charge is 0.319 e. The summed E-state index contributed by atoms with van der Waals surface area (Å²) in [6.45, 7) is 2.12. The van der Waals surface area contributed by atoms with Gasteiger partial charge in [0.2, 0.25) is 5.91 Å². The molecule has 5 nitrogen and oxygen atoms in total. The number of para-hydroxylation sites is 1. The fourth-order valence-corrected chi connectivity index (χ4v) is 1.84. The maximum Gasteiger partial charge on any atom is 0.319 e. The molecule has 2 rings (SSSR count). The zero-order chi connectivity index (χ0) is 13.9. The summed E-state index contributed by atoms with van der Waals surface area (Å²) >= 11 is 0. The van der Waals surface area contributed by atoms with Crippen molar-refractivity contribution in [1.29, 1.82) is 0 Å². The Hall–Kier alpha value is -2.04. The van der Waals surface area contributed by atoms with Crippen LogP contribution in [0.2, 0.25) is 0 Å². The number of hydrogen-bond acceptors (Lipinski definition) is 3. The molecule has 1 fully saturated rings. The van der Waals surface area contributed by atoms with Crippen LogP contribution in [-0.4, -0.2) is 29.6 Å². The lowest BCUT2D eigenvalue weighted by atomic mass is 10.1. The summed E-state index contributed by atoms with van der Waals surface area (Å²) in [5.41, 5.74) is -1.19. The van der Waals surface area contributed by atoms with Crippen LogP contribution in [0, 0.1) is 5.41 Å². The van der Waals surface area contributed by atoms with Gasteiger partial charge in [0, 0.05) is 0 Å². The van der Waals surface area contributed by atoms with E-state index in [1.165, 1.54) is 0 Å². The summed E-state index contributed by atoms with van der Waals surface area (Å²) in [4.78, 5) is 22.7. The highest BCUT2D eigenvalue weighted by molar-refractivity contribution is 6.04. The highest BCUT2D eigenvalue weighted by Crippen LogP contribution is 2.46. The molecule has 1 aromatic carbocycles. The highest BCUT2D eigenvalue weighted by Gasteiger charge is 2.56. The van der Waals surface area contributed by atoms with Crippen molar-refractivity contribution in [2.24, 2.45) is 5.41 Å². The van der Waals surface area contributed by atoms with Gasteiger partial charge in [-0.05, 0) is 31.9 Å². The molecule has 1 aliphatic rings. The van der Waals surface area contributed by atoms with Crippen molar-refractivity contribution < 1.29 is 19.4 Å². The molecular formula is C14H17NO4. The Kier molecular flexibility index (Phi) is 3.74. The number of ether oxygens (including phenoxy) is 1. The molecule has 1 amide bonds. The van der Waals surface area contributed by atoms with E-state index in [0.29, 0.717) is 19.4 Å². The standard InChI is InChI=1S/C14H17NO4/c1-10(19-11-5-3-2-4-6-11)9-15-12(16)14(7-8-14)13(17)18/h2-6,10H,7-9H2,1H3,(H,15,16)(H,17,18). The zero-order valence-electron chi connectivity index (χ0n) is 10.8. The number of rotatable bonds is 6. The molecule has 0 bridgehead atoms. The predicted molar refractivity (Wildman–Crippen MR) is 68.8 cm³/mol. The SMILES string of the molecule is CC(CNC(=O)C1(C(=O)O)CC1)Oc1ccccc1. The van der Waals surface area contributed by atoms with E-state index in [1.54, 1.807) is 0 Å². The van der Waals surface area contributed by atoms with Gasteiger partial charge in [-0.1, -0.05) is 18.2 Å². The topological polar surface area (TPSA) is 75.6 Å². The molecule has 2 N–H and O–H groups in total. The minimum Gasteiger partial charge on any atom is -0.489 e. The van der Waals surface area contributed by atoms with Crippen molar-refractivity contribution >= 4 is 11.9 Å². The molecule has 1 aromatic rings. The van der Waals surface area contributed by atoms with Crippen molar-refractivity contribution in [1.82, 2.24) is 5.32 Å². The van der Waals surface area contributed by atoms with Crippen LogP contribution in [0.1, 0.15) is 19.8 Å². The van der Waals surface area contributed by atoms with Crippen LogP contribution in [0.4, 0.5) is 0 Å². The van der Waals surface area contributed by atoms with Gasteiger partial charge in [0.25, 0.3) is 0 Å². The Morgan fingerprint density at radius 1 is 1.37 bits per heavy atom. The average molecular weight is 263 g/mol. The highest BCUT2D eigenvalue weighted by atomic mass is 16.5. The number of carboxylic acids is 1. The van der Waals surface area contributed by atoms with Gasteiger partial charge in [-0.25, -0.2) is 0 Å². The Morgan fingerprint density at radius 3 is 2.53 bits per heavy atom. The van der Waals surface area contributed by atoms with Gasteiger partial charge in [-0.3, -0.25) is 9.59 Å². The lowest BCUT2D eigenvalue weighted by Crippen LogP contribution is -2.41. The van der Waals surface area contributed by atoms with E-state index in [2.05, 4.69) is 5.32 Å². The van der Waals surface area contributed by atoms with E-state index in [4.69, 9.17) is 9.84 Å². The number of amides is 1. The number of carboxylic acid groups (broad SMARTS) is 1. The Labute approximate surface area is 111 Å². The Morgan fingerprint density at radius 2 is 2.00 bits per heavy atom. The van der Waals surface area contributed by atoms with Crippen LogP contribution in [0.25, 0.3) is 0 Å². The molecule has 0 saturated heterocycles. The molecule has 0 heterocycles. The molecular weight excluding hydrogens is 246 g/mol. The van der Waals surface area contributed by atoms with Crippen LogP contribution in [0.5, 0.6) is 5.75 Å². The van der Waals surface area contributed by atoms with Crippen molar-refractivity contribution in [3.8, 4) is 5.75 Å². The normalized spacial score (nSPS) is 17.3. The van der Waals surface area contributed by atoms with E-state index in [0.717, 1.165) is 5.75 Å². The van der Waals surface area contributed by atoms with Gasteiger partial charge in [-0.15, -0.1) is 0 Å². The lowest BCUT2D eigenvalue weighted by Gasteiger charge is -2.17. The maximum atomic E-state index is 11.8. The lowest BCUT2D eigenvalue weighted by molar-refractivity contribution is -0.149. The van der Waals surface area contributed by atoms with Crippen molar-refractivity contribution in [3.05, 3.63) is 30.3 Å². The second kappa shape index (κ2) is 5.30. The summed E-state index contributed by atoms with van der Waals surface area (Å²) in [5.74, 6) is -0.728. The first-order valence-corrected chi connectivity index (χ1v) is 6.28. The van der Waals surface area contributed by atoms with Crippen molar-refractivity contribution in [3.63, 3.8) is 0 Å². The minimum atomic E-state index is -1.19. The molecule has 1 aliphatic carbocycles. The molecule has 0 radical (unpaired) electrons. The summed E-state index contributed by atoms with van der Waals surface area (Å²) in [6.07, 6.45) is 0.625. The van der Waals surface area contributed by atoms with Crippen LogP contribution >= 0.6 is 0 Å². The van der Waals surface area contributed by atoms with Gasteiger partial charge in [0.05, 0.1) is 6.54 Å². The van der Waals surface area contributed by atoms with Gasteiger partial charge in [0.15, 0.2) is 0 Å². The zero-order valence-corrected chi connectivity index (χ0v) is 10.8. The van der Waals surface area contributed by atoms with Crippen LogP contribution in [0.3, 0.4) is 0 Å². The third-order valence-electron chi connectivity index (χ3n) is 3.22. The molecule has 0 spiro atoms. The van der Waals surface area contributed by atoms with Crippen LogP contribution < -0.4 is 10.1 Å². The first-order chi connectivity index (χ1) is 9.04. The largest absolute Gasteiger partial charge is 0.489 e. The van der Waals surface area contributed by atoms with Crippen molar-refractivity contribution in [2.45, 2.75) is 25.9 Å². The summed E-state index contributed by atoms with van der Waals surface area (Å²) < 4.78 is 5.60. The van der Waals surface area contributed by atoms with E-state index in [1.807, 2.05) is 37.3 Å². The van der Waals surface area contributed by atoms with E-state index in [-0.39, 0.29) is 6.10 Å². The summed E-state index contributed by atoms with van der Waals surface area (Å²) in [6, 6.07) is 9.29. The average Bonchev–Trinajstić information content (AvgIpc) is 3.18. The Balaban J connectivity index is 1.80. The predicted octanol–water partition coefficient (Wildman–Crippen LogP) is 1.43. The molecule has 1 unspecified atom stereocenters. The molecule has 0 aliphatic heterocycles. The number of nitrogens with one attached hydrogen (secondary N) is 1. The number of carbonyl (C=O) groups is 2. The fourth-order valence-electron chi connectivity index (χ4n) is 1.84. The van der Waals surface area contributed by atoms with Gasteiger partial charge >= 0.3 is 5.97 Å². The van der Waals surface area contributed by atoms with Gasteiger partial charge in [-0.2, -0.15) is 0 Å². The third kappa shape index (κ3) is 3.05. The molecule has 1 saturated carbocycles. The number of hydrogen-bond donors (Lipinski definition) is 2. The molecule has 1 atom stereocenters. The maximum absolute atomic E-state index is 11.8. The number of carbonyl (C=O) groups excluding carboxylic acids is 1. The molecule has 5 heteroatoms. The fraction of sp³-hybridized carbons (Fsp3) is 0.429. The summed E-state index contributed by atoms with van der Waals surface area (Å²) in [7, 11) is 0. The second-order valence-corrected chi connectivity index (χ2v) is 4.84. The Bertz CT molecular complexity index is 468. The van der Waals surface area contributed by atoms with E-state index in [9.17, 15) is 9.59 Å². The van der Waals surface area contributed by atoms with Gasteiger partial charge in [0.1, 0.15) is 17.3 Å². The first-order valence-electron chi connectivity index (χ1n) is 6.28. The van der Waals surface area contributed by atoms with Gasteiger partial charge < -0.3 is 15.2 Å². The van der Waals surface area contributed by atoms with E-state index < -0.39 is 17.3 Å². The van der Waals surface area contributed by atoms with E-state index >= 15 is 0 Å². The van der Waals surface area contributed by atoms with Crippen molar-refractivity contribution in [2.75, 3.05) is 6.54 Å². The molecule has 102 valence electrons. The quantitative estimate of drug-likeness (QED) is 0.761. The monoisotopic (exact) mass is 263 g/mol. The second-order valence-electron chi connectivity index (χ2n) is 4.84.